The van der Waals surface area contributed by atoms with Crippen LogP contribution in [0.5, 0.6) is 0 Å². The minimum atomic E-state index is 0.573. The number of nitrogens with two attached hydrogens (primary N) is 1. The van der Waals surface area contributed by atoms with Crippen molar-refractivity contribution in [3.63, 3.8) is 0 Å². The first-order chi connectivity index (χ1) is 8.31. The van der Waals surface area contributed by atoms with E-state index in [1.165, 1.54) is 0 Å². The Morgan fingerprint density at radius 3 is 2.94 bits per heavy atom. The van der Waals surface area contributed by atoms with Crippen molar-refractivity contribution in [2.75, 3.05) is 30.5 Å². The Labute approximate surface area is 101 Å². The minimum Gasteiger partial charge on any atom is -0.381 e. The average molecular weight is 237 g/mol. The highest BCUT2D eigenvalue weighted by Crippen LogP contribution is 2.15. The summed E-state index contributed by atoms with van der Waals surface area (Å²) >= 11 is 0. The summed E-state index contributed by atoms with van der Waals surface area (Å²) in [5.41, 5.74) is 2.55. The number of rotatable bonds is 5. The highest BCUT2D eigenvalue weighted by Gasteiger charge is 2.15. The van der Waals surface area contributed by atoms with E-state index < -0.39 is 0 Å². The van der Waals surface area contributed by atoms with Gasteiger partial charge in [0.15, 0.2) is 0 Å². The smallest absolute Gasteiger partial charge is 0.145 e. The molecule has 0 aromatic carbocycles. The largest absolute Gasteiger partial charge is 0.381 e. The number of nitrogen functional groups attached to an aromatic ring is 1. The van der Waals surface area contributed by atoms with Crippen LogP contribution in [0.25, 0.3) is 0 Å². The standard InChI is InChI=1S/C11H19N5O/c1-2-9-14-10(5-11(15-9)16-12)13-6-8-3-4-17-7-8/h5,8H,2-4,6-7,12H2,1H3,(H2,13,14,15,16). The summed E-state index contributed by atoms with van der Waals surface area (Å²) in [6.45, 7) is 4.60. The van der Waals surface area contributed by atoms with Crippen molar-refractivity contribution in [3.8, 4) is 0 Å². The molecule has 1 saturated heterocycles. The average Bonchev–Trinajstić information content (AvgIpc) is 2.89. The van der Waals surface area contributed by atoms with E-state index in [2.05, 4.69) is 20.7 Å². The van der Waals surface area contributed by atoms with Crippen LogP contribution in [0.4, 0.5) is 11.6 Å². The number of anilines is 2. The van der Waals surface area contributed by atoms with Gasteiger partial charge in [0, 0.05) is 31.6 Å². The maximum atomic E-state index is 5.37. The van der Waals surface area contributed by atoms with E-state index in [1.54, 1.807) is 0 Å². The minimum absolute atomic E-state index is 0.573. The lowest BCUT2D eigenvalue weighted by Crippen LogP contribution is -2.16. The SMILES string of the molecule is CCc1nc(NN)cc(NCC2CCOC2)n1. The lowest BCUT2D eigenvalue weighted by molar-refractivity contribution is 0.187. The van der Waals surface area contributed by atoms with Gasteiger partial charge in [-0.25, -0.2) is 15.8 Å². The Morgan fingerprint density at radius 2 is 2.29 bits per heavy atom. The zero-order valence-corrected chi connectivity index (χ0v) is 10.1. The molecule has 1 aliphatic heterocycles. The van der Waals surface area contributed by atoms with Gasteiger partial charge in [0.05, 0.1) is 6.61 Å². The van der Waals surface area contributed by atoms with Gasteiger partial charge in [-0.05, 0) is 6.42 Å². The summed E-state index contributed by atoms with van der Waals surface area (Å²) in [6.07, 6.45) is 1.90. The molecule has 4 N–H and O–H groups in total. The molecule has 2 rings (SSSR count). The third kappa shape index (κ3) is 3.28. The Morgan fingerprint density at radius 1 is 1.47 bits per heavy atom. The summed E-state index contributed by atoms with van der Waals surface area (Å²) in [5.74, 6) is 8.19. The number of hydrogen-bond acceptors (Lipinski definition) is 6. The number of ether oxygens (including phenoxy) is 1. The molecule has 17 heavy (non-hydrogen) atoms. The van der Waals surface area contributed by atoms with Crippen molar-refractivity contribution in [2.24, 2.45) is 11.8 Å². The van der Waals surface area contributed by atoms with Gasteiger partial charge in [-0.3, -0.25) is 0 Å². The van der Waals surface area contributed by atoms with Crippen molar-refractivity contribution < 1.29 is 4.74 Å². The van der Waals surface area contributed by atoms with Gasteiger partial charge in [0.2, 0.25) is 0 Å². The van der Waals surface area contributed by atoms with Crippen LogP contribution in [0.3, 0.4) is 0 Å². The molecule has 1 atom stereocenters. The maximum absolute atomic E-state index is 5.37. The van der Waals surface area contributed by atoms with Gasteiger partial charge in [-0.1, -0.05) is 6.92 Å². The molecule has 0 bridgehead atoms. The zero-order chi connectivity index (χ0) is 12.1. The fraction of sp³-hybridized carbons (Fsp3) is 0.636. The second-order valence-electron chi connectivity index (χ2n) is 4.16. The lowest BCUT2D eigenvalue weighted by atomic mass is 10.1. The number of hydrazine groups is 1. The quantitative estimate of drug-likeness (QED) is 0.518. The first-order valence-electron chi connectivity index (χ1n) is 5.98. The maximum Gasteiger partial charge on any atom is 0.145 e. The molecular weight excluding hydrogens is 218 g/mol. The van der Waals surface area contributed by atoms with E-state index in [0.29, 0.717) is 11.7 Å². The Kier molecular flexibility index (Phi) is 4.11. The molecule has 0 radical (unpaired) electrons. The summed E-state index contributed by atoms with van der Waals surface area (Å²) in [4.78, 5) is 8.64. The fourth-order valence-electron chi connectivity index (χ4n) is 1.81. The van der Waals surface area contributed by atoms with Crippen LogP contribution in [0.1, 0.15) is 19.2 Å². The highest BCUT2D eigenvalue weighted by molar-refractivity contribution is 5.46. The summed E-state index contributed by atoms with van der Waals surface area (Å²) in [7, 11) is 0. The van der Waals surface area contributed by atoms with Crippen LogP contribution in [0.15, 0.2) is 6.07 Å². The Hall–Kier alpha value is -1.40. The van der Waals surface area contributed by atoms with E-state index in [9.17, 15) is 0 Å². The molecule has 94 valence electrons. The topological polar surface area (TPSA) is 85.1 Å². The summed E-state index contributed by atoms with van der Waals surface area (Å²) in [6, 6.07) is 1.81. The first-order valence-corrected chi connectivity index (χ1v) is 5.98. The van der Waals surface area contributed by atoms with Crippen LogP contribution in [0.2, 0.25) is 0 Å². The molecule has 6 nitrogen and oxygen atoms in total. The van der Waals surface area contributed by atoms with E-state index in [4.69, 9.17) is 10.6 Å². The first kappa shape index (κ1) is 12.1. The van der Waals surface area contributed by atoms with Crippen LogP contribution < -0.4 is 16.6 Å². The Bertz CT molecular complexity index is 343. The van der Waals surface area contributed by atoms with Crippen LogP contribution in [0, 0.1) is 5.92 Å². The van der Waals surface area contributed by atoms with Gasteiger partial charge in [0.1, 0.15) is 17.5 Å². The van der Waals surface area contributed by atoms with Gasteiger partial charge < -0.3 is 15.5 Å². The van der Waals surface area contributed by atoms with Gasteiger partial charge >= 0.3 is 0 Å². The molecule has 1 aliphatic rings. The third-order valence-electron chi connectivity index (χ3n) is 2.83. The van der Waals surface area contributed by atoms with E-state index in [1.807, 2.05) is 13.0 Å². The number of nitrogens with zero attached hydrogens (tertiary/aromatic N) is 2. The molecule has 1 aromatic rings. The lowest BCUT2D eigenvalue weighted by Gasteiger charge is -2.11. The van der Waals surface area contributed by atoms with E-state index in [-0.39, 0.29) is 0 Å². The summed E-state index contributed by atoms with van der Waals surface area (Å²) in [5, 5.41) is 3.31. The van der Waals surface area contributed by atoms with Crippen LogP contribution >= 0.6 is 0 Å². The second kappa shape index (κ2) is 5.79. The second-order valence-corrected chi connectivity index (χ2v) is 4.16. The summed E-state index contributed by atoms with van der Waals surface area (Å²) < 4.78 is 5.33. The Balaban J connectivity index is 1.98. The zero-order valence-electron chi connectivity index (χ0n) is 10.1. The number of aryl methyl sites for hydroxylation is 1. The van der Waals surface area contributed by atoms with Crippen LogP contribution in [-0.4, -0.2) is 29.7 Å². The number of hydrogen-bond donors (Lipinski definition) is 3. The number of nitrogens with one attached hydrogen (secondary N) is 2. The predicted octanol–water partition coefficient (Wildman–Crippen LogP) is 0.773. The molecule has 0 amide bonds. The molecule has 1 unspecified atom stereocenters. The van der Waals surface area contributed by atoms with E-state index >= 15 is 0 Å². The van der Waals surface area contributed by atoms with Crippen molar-refractivity contribution in [2.45, 2.75) is 19.8 Å². The van der Waals surface area contributed by atoms with Crippen molar-refractivity contribution >= 4 is 11.6 Å². The van der Waals surface area contributed by atoms with Crippen molar-refractivity contribution in [1.29, 1.82) is 0 Å². The van der Waals surface area contributed by atoms with Gasteiger partial charge in [0.25, 0.3) is 0 Å². The molecule has 0 aliphatic carbocycles. The molecule has 0 saturated carbocycles. The highest BCUT2D eigenvalue weighted by atomic mass is 16.5. The van der Waals surface area contributed by atoms with Crippen LogP contribution in [-0.2, 0) is 11.2 Å². The third-order valence-corrected chi connectivity index (χ3v) is 2.83. The molecule has 2 heterocycles. The predicted molar refractivity (Wildman–Crippen MR) is 66.6 cm³/mol. The number of aromatic nitrogens is 2. The van der Waals surface area contributed by atoms with Gasteiger partial charge in [-0.2, -0.15) is 0 Å². The molecule has 1 fully saturated rings. The molecular formula is C11H19N5O. The monoisotopic (exact) mass is 237 g/mol. The molecule has 0 spiro atoms. The fourth-order valence-corrected chi connectivity index (χ4v) is 1.81. The normalized spacial score (nSPS) is 19.3. The van der Waals surface area contributed by atoms with E-state index in [0.717, 1.165) is 44.2 Å². The van der Waals surface area contributed by atoms with Crippen molar-refractivity contribution in [3.05, 3.63) is 11.9 Å². The molecule has 1 aromatic heterocycles. The molecule has 6 heteroatoms. The van der Waals surface area contributed by atoms with Gasteiger partial charge in [-0.15, -0.1) is 0 Å². The van der Waals surface area contributed by atoms with Crippen molar-refractivity contribution in [1.82, 2.24) is 9.97 Å².